The lowest BCUT2D eigenvalue weighted by atomic mass is 10.2. The number of pyridine rings is 1. The molecule has 1 atom stereocenters. The minimum absolute atomic E-state index is 0.137. The molecule has 0 radical (unpaired) electrons. The third kappa shape index (κ3) is 3.30. The van der Waals surface area contributed by atoms with Crippen molar-refractivity contribution in [3.63, 3.8) is 0 Å². The van der Waals surface area contributed by atoms with Crippen LogP contribution < -0.4 is 5.32 Å². The Kier molecular flexibility index (Phi) is 4.50. The van der Waals surface area contributed by atoms with Gasteiger partial charge in [0.05, 0.1) is 16.6 Å². The lowest BCUT2D eigenvalue weighted by Crippen LogP contribution is -2.26. The normalized spacial score (nSPS) is 12.2. The average Bonchev–Trinajstić information content (AvgIpc) is 2.88. The van der Waals surface area contributed by atoms with Gasteiger partial charge in [0, 0.05) is 23.5 Å². The van der Waals surface area contributed by atoms with E-state index >= 15 is 0 Å². The molecule has 100 valence electrons. The molecule has 6 heteroatoms. The summed E-state index contributed by atoms with van der Waals surface area (Å²) in [7, 11) is 0. The van der Waals surface area contributed by atoms with Gasteiger partial charge in [-0.2, -0.15) is 0 Å². The van der Waals surface area contributed by atoms with Crippen molar-refractivity contribution in [2.75, 3.05) is 0 Å². The second-order valence-corrected chi connectivity index (χ2v) is 5.62. The summed E-state index contributed by atoms with van der Waals surface area (Å²) in [5, 5.41) is 4.13. The highest BCUT2D eigenvalue weighted by Gasteiger charge is 2.16. The number of nitrogens with one attached hydrogen (secondary N) is 1. The Morgan fingerprint density at radius 3 is 2.95 bits per heavy atom. The highest BCUT2D eigenvalue weighted by atomic mass is 35.5. The second kappa shape index (κ2) is 6.12. The Bertz CT molecular complexity index is 585. The first kappa shape index (κ1) is 14.0. The third-order valence-corrected chi connectivity index (χ3v) is 4.28. The van der Waals surface area contributed by atoms with E-state index in [-0.39, 0.29) is 11.9 Å². The molecule has 0 fully saturated rings. The van der Waals surface area contributed by atoms with Crippen LogP contribution in [0.25, 0.3) is 0 Å². The lowest BCUT2D eigenvalue weighted by molar-refractivity contribution is 0.0940. The van der Waals surface area contributed by atoms with E-state index in [1.54, 1.807) is 23.6 Å². The SMILES string of the molecule is CCc1cnc(C(C)NC(=O)c2ccncc2Cl)s1. The van der Waals surface area contributed by atoms with Gasteiger partial charge in [0.2, 0.25) is 0 Å². The van der Waals surface area contributed by atoms with Gasteiger partial charge in [0.1, 0.15) is 5.01 Å². The van der Waals surface area contributed by atoms with Gasteiger partial charge in [-0.3, -0.25) is 9.78 Å². The summed E-state index contributed by atoms with van der Waals surface area (Å²) < 4.78 is 0. The molecule has 2 rings (SSSR count). The molecule has 0 aliphatic heterocycles. The Morgan fingerprint density at radius 2 is 2.32 bits per heavy atom. The van der Waals surface area contributed by atoms with Crippen LogP contribution in [0.15, 0.2) is 24.7 Å². The van der Waals surface area contributed by atoms with Crippen LogP contribution >= 0.6 is 22.9 Å². The Balaban J connectivity index is 2.08. The van der Waals surface area contributed by atoms with Crippen molar-refractivity contribution >= 4 is 28.8 Å². The second-order valence-electron chi connectivity index (χ2n) is 4.07. The van der Waals surface area contributed by atoms with Crippen molar-refractivity contribution in [1.82, 2.24) is 15.3 Å². The van der Waals surface area contributed by atoms with Gasteiger partial charge < -0.3 is 5.32 Å². The summed E-state index contributed by atoms with van der Waals surface area (Å²) in [6.45, 7) is 3.99. The maximum absolute atomic E-state index is 12.1. The molecule has 2 aromatic rings. The maximum atomic E-state index is 12.1. The fourth-order valence-electron chi connectivity index (χ4n) is 1.58. The topological polar surface area (TPSA) is 54.9 Å². The van der Waals surface area contributed by atoms with Crippen LogP contribution in [0, 0.1) is 0 Å². The van der Waals surface area contributed by atoms with Gasteiger partial charge in [-0.1, -0.05) is 18.5 Å². The van der Waals surface area contributed by atoms with E-state index in [0.717, 1.165) is 11.4 Å². The average molecular weight is 296 g/mol. The molecule has 0 aromatic carbocycles. The van der Waals surface area contributed by atoms with E-state index in [2.05, 4.69) is 22.2 Å². The van der Waals surface area contributed by atoms with Crippen molar-refractivity contribution in [3.05, 3.63) is 45.1 Å². The van der Waals surface area contributed by atoms with Crippen molar-refractivity contribution in [1.29, 1.82) is 0 Å². The molecule has 1 amide bonds. The van der Waals surface area contributed by atoms with E-state index in [1.807, 2.05) is 13.1 Å². The molecular formula is C13H14ClN3OS. The van der Waals surface area contributed by atoms with E-state index in [4.69, 9.17) is 11.6 Å². The lowest BCUT2D eigenvalue weighted by Gasteiger charge is -2.11. The summed E-state index contributed by atoms with van der Waals surface area (Å²) >= 11 is 7.55. The van der Waals surface area contributed by atoms with Gasteiger partial charge >= 0.3 is 0 Å². The van der Waals surface area contributed by atoms with Crippen LogP contribution in [0.3, 0.4) is 0 Å². The first-order valence-corrected chi connectivity index (χ1v) is 7.16. The fourth-order valence-corrected chi connectivity index (χ4v) is 2.65. The van der Waals surface area contributed by atoms with Crippen LogP contribution in [0.4, 0.5) is 0 Å². The number of thiazole rings is 1. The van der Waals surface area contributed by atoms with Crippen LogP contribution in [-0.4, -0.2) is 15.9 Å². The molecule has 0 bridgehead atoms. The molecule has 0 aliphatic carbocycles. The molecular weight excluding hydrogens is 282 g/mol. The van der Waals surface area contributed by atoms with Crippen LogP contribution in [0.2, 0.25) is 5.02 Å². The molecule has 4 nitrogen and oxygen atoms in total. The minimum Gasteiger partial charge on any atom is -0.343 e. The van der Waals surface area contributed by atoms with Gasteiger partial charge in [-0.05, 0) is 19.4 Å². The van der Waals surface area contributed by atoms with Gasteiger partial charge in [-0.25, -0.2) is 4.98 Å². The largest absolute Gasteiger partial charge is 0.343 e. The number of amides is 1. The predicted octanol–water partition coefficient (Wildman–Crippen LogP) is 3.24. The number of nitrogens with zero attached hydrogens (tertiary/aromatic N) is 2. The summed E-state index contributed by atoms with van der Waals surface area (Å²) in [5.74, 6) is -0.215. The number of aryl methyl sites for hydroxylation is 1. The monoisotopic (exact) mass is 295 g/mol. The van der Waals surface area contributed by atoms with E-state index < -0.39 is 0 Å². The standard InChI is InChI=1S/C13H14ClN3OS/c1-3-9-6-16-13(19-9)8(2)17-12(18)10-4-5-15-7-11(10)14/h4-8H,3H2,1-2H3,(H,17,18). The first-order valence-electron chi connectivity index (χ1n) is 5.96. The van der Waals surface area contributed by atoms with E-state index in [0.29, 0.717) is 10.6 Å². The highest BCUT2D eigenvalue weighted by molar-refractivity contribution is 7.11. The third-order valence-electron chi connectivity index (χ3n) is 2.66. The van der Waals surface area contributed by atoms with Gasteiger partial charge in [-0.15, -0.1) is 11.3 Å². The Hall–Kier alpha value is -1.46. The quantitative estimate of drug-likeness (QED) is 0.942. The molecule has 1 unspecified atom stereocenters. The van der Waals surface area contributed by atoms with Crippen molar-refractivity contribution in [2.45, 2.75) is 26.3 Å². The molecule has 19 heavy (non-hydrogen) atoms. The smallest absolute Gasteiger partial charge is 0.253 e. The number of hydrogen-bond donors (Lipinski definition) is 1. The molecule has 0 aliphatic rings. The Labute approximate surface area is 120 Å². The molecule has 0 saturated heterocycles. The molecule has 2 aromatic heterocycles. The Morgan fingerprint density at radius 1 is 1.53 bits per heavy atom. The summed E-state index contributed by atoms with van der Waals surface area (Å²) in [6.07, 6.45) is 5.81. The molecule has 0 spiro atoms. The van der Waals surface area contributed by atoms with Crippen LogP contribution in [0.1, 0.15) is 40.1 Å². The fraction of sp³-hybridized carbons (Fsp3) is 0.308. The predicted molar refractivity (Wildman–Crippen MR) is 76.6 cm³/mol. The van der Waals surface area contributed by atoms with Gasteiger partial charge in [0.15, 0.2) is 0 Å². The van der Waals surface area contributed by atoms with E-state index in [1.165, 1.54) is 11.1 Å². The zero-order valence-electron chi connectivity index (χ0n) is 10.7. The van der Waals surface area contributed by atoms with Crippen LogP contribution in [0.5, 0.6) is 0 Å². The minimum atomic E-state index is -0.215. The number of aromatic nitrogens is 2. The number of carbonyl (C=O) groups is 1. The first-order chi connectivity index (χ1) is 9.11. The number of hydrogen-bond acceptors (Lipinski definition) is 4. The summed E-state index contributed by atoms with van der Waals surface area (Å²) in [6, 6.07) is 1.46. The molecule has 0 saturated carbocycles. The maximum Gasteiger partial charge on any atom is 0.253 e. The van der Waals surface area contributed by atoms with Gasteiger partial charge in [0.25, 0.3) is 5.91 Å². The van der Waals surface area contributed by atoms with Crippen molar-refractivity contribution in [2.24, 2.45) is 0 Å². The molecule has 1 N–H and O–H groups in total. The zero-order chi connectivity index (χ0) is 13.8. The highest BCUT2D eigenvalue weighted by Crippen LogP contribution is 2.21. The summed E-state index contributed by atoms with van der Waals surface area (Å²) in [4.78, 5) is 21.5. The molecule has 2 heterocycles. The number of rotatable bonds is 4. The van der Waals surface area contributed by atoms with E-state index in [9.17, 15) is 4.79 Å². The number of carbonyl (C=O) groups excluding carboxylic acids is 1. The van der Waals surface area contributed by atoms with Crippen molar-refractivity contribution < 1.29 is 4.79 Å². The van der Waals surface area contributed by atoms with Crippen molar-refractivity contribution in [3.8, 4) is 0 Å². The zero-order valence-corrected chi connectivity index (χ0v) is 12.3. The summed E-state index contributed by atoms with van der Waals surface area (Å²) in [5.41, 5.74) is 0.427. The van der Waals surface area contributed by atoms with Crippen LogP contribution in [-0.2, 0) is 6.42 Å². The number of halogens is 1.